The number of benzene rings is 1. The Bertz CT molecular complexity index is 466. The standard InChI is InChI=1S/C8H8NO6S/c1-14-6-15-16(12,13)8-4-2-7(3-5-8)9(10)11/h2-5H,1,6H2. The number of ether oxygens (including phenoxy) is 1. The lowest BCUT2D eigenvalue weighted by molar-refractivity contribution is -0.384. The number of nitro groups is 1. The summed E-state index contributed by atoms with van der Waals surface area (Å²) in [5.41, 5.74) is -0.202. The Labute approximate surface area is 91.9 Å². The molecule has 16 heavy (non-hydrogen) atoms. The number of nitrogens with zero attached hydrogens (tertiary/aromatic N) is 1. The van der Waals surface area contributed by atoms with E-state index in [1.165, 1.54) is 0 Å². The van der Waals surface area contributed by atoms with Crippen LogP contribution in [0.5, 0.6) is 0 Å². The molecule has 7 nitrogen and oxygen atoms in total. The average Bonchev–Trinajstić information content (AvgIpc) is 2.26. The van der Waals surface area contributed by atoms with Gasteiger partial charge < -0.3 is 4.74 Å². The Balaban J connectivity index is 2.93. The van der Waals surface area contributed by atoms with Gasteiger partial charge in [0.1, 0.15) is 0 Å². The summed E-state index contributed by atoms with van der Waals surface area (Å²) in [6.07, 6.45) is 0. The van der Waals surface area contributed by atoms with Crippen molar-refractivity contribution >= 4 is 15.8 Å². The molecule has 87 valence electrons. The molecular formula is C8H8NO6S. The highest BCUT2D eigenvalue weighted by Gasteiger charge is 2.16. The van der Waals surface area contributed by atoms with Crippen LogP contribution in [0.3, 0.4) is 0 Å². The Morgan fingerprint density at radius 1 is 1.31 bits per heavy atom. The fraction of sp³-hybridized carbons (Fsp3) is 0.125. The van der Waals surface area contributed by atoms with E-state index in [0.29, 0.717) is 0 Å². The molecule has 0 N–H and O–H groups in total. The van der Waals surface area contributed by atoms with Gasteiger partial charge in [0.25, 0.3) is 15.8 Å². The third-order valence-electron chi connectivity index (χ3n) is 1.62. The van der Waals surface area contributed by atoms with Crippen LogP contribution < -0.4 is 0 Å². The maximum atomic E-state index is 11.4. The second kappa shape index (κ2) is 5.01. The van der Waals surface area contributed by atoms with E-state index in [2.05, 4.69) is 16.0 Å². The van der Waals surface area contributed by atoms with Gasteiger partial charge in [-0.2, -0.15) is 8.42 Å². The maximum Gasteiger partial charge on any atom is 0.299 e. The molecule has 0 amide bonds. The van der Waals surface area contributed by atoms with Crippen LogP contribution in [0.25, 0.3) is 0 Å². The van der Waals surface area contributed by atoms with Crippen molar-refractivity contribution in [3.05, 3.63) is 41.5 Å². The van der Waals surface area contributed by atoms with Gasteiger partial charge in [-0.25, -0.2) is 4.18 Å². The van der Waals surface area contributed by atoms with Gasteiger partial charge in [-0.15, -0.1) is 0 Å². The van der Waals surface area contributed by atoms with Crippen LogP contribution in [0.15, 0.2) is 29.2 Å². The summed E-state index contributed by atoms with van der Waals surface area (Å²) >= 11 is 0. The zero-order valence-electron chi connectivity index (χ0n) is 8.03. The van der Waals surface area contributed by atoms with Crippen LogP contribution in [-0.2, 0) is 19.0 Å². The van der Waals surface area contributed by atoms with Gasteiger partial charge in [0.2, 0.25) is 0 Å². The van der Waals surface area contributed by atoms with Crippen LogP contribution >= 0.6 is 0 Å². The average molecular weight is 246 g/mol. The fourth-order valence-electron chi connectivity index (χ4n) is 0.900. The first kappa shape index (κ1) is 12.6. The first-order chi connectivity index (χ1) is 7.47. The van der Waals surface area contributed by atoms with Crippen LogP contribution in [0.1, 0.15) is 0 Å². The monoisotopic (exact) mass is 246 g/mol. The van der Waals surface area contributed by atoms with Gasteiger partial charge in [0.15, 0.2) is 6.79 Å². The number of hydrogen-bond donors (Lipinski definition) is 0. The molecule has 0 bridgehead atoms. The minimum absolute atomic E-state index is 0.185. The van der Waals surface area contributed by atoms with E-state index in [1.54, 1.807) is 0 Å². The highest BCUT2D eigenvalue weighted by molar-refractivity contribution is 7.86. The molecule has 0 aliphatic rings. The molecule has 0 saturated carbocycles. The summed E-state index contributed by atoms with van der Waals surface area (Å²) in [7, 11) is -1.01. The number of nitro benzene ring substituents is 1. The van der Waals surface area contributed by atoms with Crippen molar-refractivity contribution in [3.63, 3.8) is 0 Å². The van der Waals surface area contributed by atoms with Crippen LogP contribution in [0.2, 0.25) is 0 Å². The largest absolute Gasteiger partial charge is 0.352 e. The zero-order chi connectivity index (χ0) is 12.2. The highest BCUT2D eigenvalue weighted by Crippen LogP contribution is 2.17. The van der Waals surface area contributed by atoms with Crippen LogP contribution in [-0.4, -0.2) is 20.1 Å². The lowest BCUT2D eigenvalue weighted by Crippen LogP contribution is -2.08. The molecule has 0 unspecified atom stereocenters. The Morgan fingerprint density at radius 3 is 2.31 bits per heavy atom. The summed E-state index contributed by atoms with van der Waals surface area (Å²) in [4.78, 5) is 9.52. The third kappa shape index (κ3) is 2.99. The van der Waals surface area contributed by atoms with Gasteiger partial charge in [-0.1, -0.05) is 0 Å². The van der Waals surface area contributed by atoms with Gasteiger partial charge in [0, 0.05) is 12.1 Å². The molecule has 0 aliphatic carbocycles. The van der Waals surface area contributed by atoms with Crippen molar-refractivity contribution in [3.8, 4) is 0 Å². The topological polar surface area (TPSA) is 95.7 Å². The maximum absolute atomic E-state index is 11.4. The molecule has 1 aromatic carbocycles. The van der Waals surface area contributed by atoms with Crippen molar-refractivity contribution in [2.75, 3.05) is 6.79 Å². The van der Waals surface area contributed by atoms with Crippen molar-refractivity contribution in [2.24, 2.45) is 0 Å². The molecule has 1 rings (SSSR count). The molecule has 0 saturated heterocycles. The van der Waals surface area contributed by atoms with Crippen molar-refractivity contribution in [2.45, 2.75) is 4.90 Å². The van der Waals surface area contributed by atoms with E-state index in [1.807, 2.05) is 0 Å². The van der Waals surface area contributed by atoms with Crippen molar-refractivity contribution < 1.29 is 22.3 Å². The van der Waals surface area contributed by atoms with Crippen LogP contribution in [0, 0.1) is 17.2 Å². The van der Waals surface area contributed by atoms with Crippen molar-refractivity contribution in [1.29, 1.82) is 0 Å². The van der Waals surface area contributed by atoms with E-state index >= 15 is 0 Å². The van der Waals surface area contributed by atoms with E-state index in [4.69, 9.17) is 0 Å². The quantitative estimate of drug-likeness (QED) is 0.333. The number of non-ortho nitro benzene ring substituents is 1. The SMILES string of the molecule is [CH2]OCOS(=O)(=O)c1ccc([N+](=O)[O-])cc1. The van der Waals surface area contributed by atoms with Crippen molar-refractivity contribution in [1.82, 2.24) is 0 Å². The van der Waals surface area contributed by atoms with Gasteiger partial charge in [0.05, 0.1) is 16.9 Å². The molecule has 0 heterocycles. The smallest absolute Gasteiger partial charge is 0.299 e. The molecule has 0 fully saturated rings. The lowest BCUT2D eigenvalue weighted by Gasteiger charge is -2.03. The highest BCUT2D eigenvalue weighted by atomic mass is 32.2. The molecule has 1 radical (unpaired) electrons. The predicted molar refractivity (Wildman–Crippen MR) is 52.7 cm³/mol. The molecule has 0 aliphatic heterocycles. The van der Waals surface area contributed by atoms with E-state index in [0.717, 1.165) is 24.3 Å². The Morgan fingerprint density at radius 2 is 1.88 bits per heavy atom. The molecule has 0 spiro atoms. The number of rotatable bonds is 5. The summed E-state index contributed by atoms with van der Waals surface area (Å²) in [5, 5.41) is 10.3. The lowest BCUT2D eigenvalue weighted by atomic mass is 10.3. The molecular weight excluding hydrogens is 238 g/mol. The first-order valence-electron chi connectivity index (χ1n) is 3.98. The van der Waals surface area contributed by atoms with E-state index in [9.17, 15) is 18.5 Å². The fourth-order valence-corrected chi connectivity index (χ4v) is 1.70. The summed E-state index contributed by atoms with van der Waals surface area (Å²) in [6.45, 7) is -0.515. The minimum atomic E-state index is -3.95. The second-order valence-electron chi connectivity index (χ2n) is 2.64. The zero-order valence-corrected chi connectivity index (χ0v) is 8.85. The van der Waals surface area contributed by atoms with Gasteiger partial charge >= 0.3 is 0 Å². The molecule has 0 aromatic heterocycles. The normalized spacial score (nSPS) is 11.3. The predicted octanol–water partition coefficient (Wildman–Crippen LogP) is 1.07. The summed E-state index contributed by atoms with van der Waals surface area (Å²) in [6, 6.07) is 4.30. The third-order valence-corrected chi connectivity index (χ3v) is 2.88. The minimum Gasteiger partial charge on any atom is -0.352 e. The van der Waals surface area contributed by atoms with Crippen LogP contribution in [0.4, 0.5) is 5.69 Å². The molecule has 0 atom stereocenters. The summed E-state index contributed by atoms with van der Waals surface area (Å²) < 4.78 is 31.3. The summed E-state index contributed by atoms with van der Waals surface area (Å²) in [5.74, 6) is 0. The Hall–Kier alpha value is -1.51. The molecule has 1 aromatic rings. The second-order valence-corrected chi connectivity index (χ2v) is 4.26. The molecule has 8 heteroatoms. The van der Waals surface area contributed by atoms with E-state index in [-0.39, 0.29) is 10.6 Å². The number of hydrogen-bond acceptors (Lipinski definition) is 6. The first-order valence-corrected chi connectivity index (χ1v) is 5.39. The Kier molecular flexibility index (Phi) is 3.93. The van der Waals surface area contributed by atoms with E-state index < -0.39 is 21.8 Å². The van der Waals surface area contributed by atoms with Gasteiger partial charge in [-0.3, -0.25) is 10.1 Å². The van der Waals surface area contributed by atoms with Gasteiger partial charge in [-0.05, 0) is 12.1 Å².